The Labute approximate surface area is 215 Å². The predicted octanol–water partition coefficient (Wildman–Crippen LogP) is 6.53. The van der Waals surface area contributed by atoms with Crippen LogP contribution in [0.3, 0.4) is 0 Å². The summed E-state index contributed by atoms with van der Waals surface area (Å²) >= 11 is 9.40. The SMILES string of the molecule is CCOc1cc(/C=C(/C#N)C(=O)Nc2cccc([N+](=O)[O-])c2)cc(Br)c1OCc1ccc(Cl)cc1. The third-order valence-electron chi connectivity index (χ3n) is 4.62. The number of anilines is 1. The number of carbonyl (C=O) groups is 1. The van der Waals surface area contributed by atoms with Gasteiger partial charge in [0, 0.05) is 22.8 Å². The fourth-order valence-electron chi connectivity index (χ4n) is 3.02. The molecule has 178 valence electrons. The summed E-state index contributed by atoms with van der Waals surface area (Å²) in [6.45, 7) is 2.47. The number of amides is 1. The molecule has 8 nitrogen and oxygen atoms in total. The van der Waals surface area contributed by atoms with Crippen LogP contribution in [-0.4, -0.2) is 17.4 Å². The molecule has 3 rings (SSSR count). The van der Waals surface area contributed by atoms with Crippen molar-refractivity contribution in [2.75, 3.05) is 11.9 Å². The summed E-state index contributed by atoms with van der Waals surface area (Å²) in [5, 5.41) is 23.6. The van der Waals surface area contributed by atoms with E-state index in [2.05, 4.69) is 21.2 Å². The van der Waals surface area contributed by atoms with Gasteiger partial charge in [-0.15, -0.1) is 0 Å². The number of ether oxygens (including phenoxy) is 2. The lowest BCUT2D eigenvalue weighted by atomic mass is 10.1. The first-order valence-electron chi connectivity index (χ1n) is 10.3. The fraction of sp³-hybridized carbons (Fsp3) is 0.120. The summed E-state index contributed by atoms with van der Waals surface area (Å²) in [6.07, 6.45) is 1.39. The summed E-state index contributed by atoms with van der Waals surface area (Å²) < 4.78 is 12.2. The van der Waals surface area contributed by atoms with Gasteiger partial charge in [0.1, 0.15) is 18.2 Å². The number of nitro groups is 1. The number of rotatable bonds is 9. The Hall–Kier alpha value is -3.87. The Kier molecular flexibility index (Phi) is 8.84. The summed E-state index contributed by atoms with van der Waals surface area (Å²) in [5.41, 5.74) is 1.26. The van der Waals surface area contributed by atoms with Crippen molar-refractivity contribution in [1.29, 1.82) is 5.26 Å². The lowest BCUT2D eigenvalue weighted by Gasteiger charge is -2.15. The molecule has 10 heteroatoms. The first-order chi connectivity index (χ1) is 16.8. The molecule has 1 amide bonds. The van der Waals surface area contributed by atoms with Crippen molar-refractivity contribution in [2.45, 2.75) is 13.5 Å². The van der Waals surface area contributed by atoms with E-state index in [1.807, 2.05) is 25.1 Å². The molecule has 0 saturated carbocycles. The van der Waals surface area contributed by atoms with Crippen LogP contribution in [0.25, 0.3) is 6.08 Å². The van der Waals surface area contributed by atoms with Crippen LogP contribution in [0.2, 0.25) is 5.02 Å². The number of non-ortho nitro benzene ring substituents is 1. The van der Waals surface area contributed by atoms with Gasteiger partial charge < -0.3 is 14.8 Å². The minimum absolute atomic E-state index is 0.176. The third kappa shape index (κ3) is 7.06. The molecular formula is C25H19BrClN3O5. The molecular weight excluding hydrogens is 538 g/mol. The van der Waals surface area contributed by atoms with Crippen LogP contribution in [0.15, 0.2) is 70.7 Å². The highest BCUT2D eigenvalue weighted by molar-refractivity contribution is 9.10. The molecule has 3 aromatic rings. The molecule has 0 bridgehead atoms. The monoisotopic (exact) mass is 555 g/mol. The Morgan fingerprint density at radius 2 is 1.94 bits per heavy atom. The van der Waals surface area contributed by atoms with E-state index in [0.717, 1.165) is 5.56 Å². The maximum atomic E-state index is 12.6. The van der Waals surface area contributed by atoms with Crippen LogP contribution in [0.1, 0.15) is 18.1 Å². The average Bonchev–Trinajstić information content (AvgIpc) is 2.83. The number of halogens is 2. The maximum Gasteiger partial charge on any atom is 0.271 e. The van der Waals surface area contributed by atoms with Crippen LogP contribution in [0, 0.1) is 21.4 Å². The van der Waals surface area contributed by atoms with Crippen molar-refractivity contribution in [1.82, 2.24) is 0 Å². The summed E-state index contributed by atoms with van der Waals surface area (Å²) in [6, 6.07) is 17.9. The second-order valence-electron chi connectivity index (χ2n) is 7.11. The first-order valence-corrected chi connectivity index (χ1v) is 11.5. The van der Waals surface area contributed by atoms with Crippen LogP contribution in [0.4, 0.5) is 11.4 Å². The van der Waals surface area contributed by atoms with Gasteiger partial charge in [-0.25, -0.2) is 0 Å². The number of nitro benzene ring substituents is 1. The van der Waals surface area contributed by atoms with Gasteiger partial charge in [0.05, 0.1) is 16.0 Å². The highest BCUT2D eigenvalue weighted by atomic mass is 79.9. The van der Waals surface area contributed by atoms with Crippen molar-refractivity contribution >= 4 is 50.9 Å². The topological polar surface area (TPSA) is 114 Å². The maximum absolute atomic E-state index is 12.6. The molecule has 0 fully saturated rings. The first kappa shape index (κ1) is 25.7. The van der Waals surface area contributed by atoms with E-state index in [0.29, 0.717) is 33.2 Å². The van der Waals surface area contributed by atoms with Crippen molar-refractivity contribution in [3.8, 4) is 17.6 Å². The zero-order valence-corrected chi connectivity index (χ0v) is 20.8. The standard InChI is InChI=1S/C25H19BrClN3O5/c1-2-34-23-12-17(11-22(26)24(23)35-15-16-6-8-19(27)9-7-16)10-18(14-28)25(31)29-20-4-3-5-21(13-20)30(32)33/h3-13H,2,15H2,1H3,(H,29,31)/b18-10-. The smallest absolute Gasteiger partial charge is 0.271 e. The van der Waals surface area contributed by atoms with E-state index in [9.17, 15) is 20.2 Å². The molecule has 1 N–H and O–H groups in total. The molecule has 0 aliphatic heterocycles. The molecule has 0 radical (unpaired) electrons. The lowest BCUT2D eigenvalue weighted by molar-refractivity contribution is -0.384. The van der Waals surface area contributed by atoms with Crippen molar-refractivity contribution in [2.24, 2.45) is 0 Å². The quantitative estimate of drug-likeness (QED) is 0.139. The zero-order chi connectivity index (χ0) is 25.4. The van der Waals surface area contributed by atoms with Crippen molar-refractivity contribution in [3.05, 3.63) is 97.0 Å². The van der Waals surface area contributed by atoms with Gasteiger partial charge in [-0.3, -0.25) is 14.9 Å². The third-order valence-corrected chi connectivity index (χ3v) is 5.46. The fourth-order valence-corrected chi connectivity index (χ4v) is 3.72. The number of hydrogen-bond donors (Lipinski definition) is 1. The van der Waals surface area contributed by atoms with E-state index in [1.54, 1.807) is 24.3 Å². The molecule has 0 aromatic heterocycles. The number of carbonyl (C=O) groups excluding carboxylic acids is 1. The van der Waals surface area contributed by atoms with E-state index in [4.69, 9.17) is 21.1 Å². The minimum atomic E-state index is -0.704. The van der Waals surface area contributed by atoms with Gasteiger partial charge in [-0.1, -0.05) is 29.8 Å². The normalized spacial score (nSPS) is 10.9. The number of nitriles is 1. The molecule has 0 aliphatic rings. The Morgan fingerprint density at radius 1 is 1.20 bits per heavy atom. The summed E-state index contributed by atoms with van der Waals surface area (Å²) in [4.78, 5) is 23.0. The number of nitrogens with zero attached hydrogens (tertiary/aromatic N) is 2. The van der Waals surface area contributed by atoms with E-state index >= 15 is 0 Å². The molecule has 0 heterocycles. The van der Waals surface area contributed by atoms with Crippen LogP contribution >= 0.6 is 27.5 Å². The molecule has 0 aliphatic carbocycles. The summed E-state index contributed by atoms with van der Waals surface area (Å²) in [5.74, 6) is 0.196. The van der Waals surface area contributed by atoms with Crippen molar-refractivity contribution < 1.29 is 19.2 Å². The molecule has 0 spiro atoms. The van der Waals surface area contributed by atoms with Crippen LogP contribution < -0.4 is 14.8 Å². The van der Waals surface area contributed by atoms with Crippen molar-refractivity contribution in [3.63, 3.8) is 0 Å². The second-order valence-corrected chi connectivity index (χ2v) is 8.40. The largest absolute Gasteiger partial charge is 0.490 e. The van der Waals surface area contributed by atoms with Gasteiger partial charge >= 0.3 is 0 Å². The van der Waals surface area contributed by atoms with Crippen LogP contribution in [0.5, 0.6) is 11.5 Å². The summed E-state index contributed by atoms with van der Waals surface area (Å²) in [7, 11) is 0. The molecule has 0 saturated heterocycles. The average molecular weight is 557 g/mol. The zero-order valence-electron chi connectivity index (χ0n) is 18.5. The van der Waals surface area contributed by atoms with E-state index < -0.39 is 10.8 Å². The van der Waals surface area contributed by atoms with Gasteiger partial charge in [0.2, 0.25) is 0 Å². The number of hydrogen-bond acceptors (Lipinski definition) is 6. The molecule has 0 unspecified atom stereocenters. The Morgan fingerprint density at radius 3 is 2.60 bits per heavy atom. The van der Waals surface area contributed by atoms with E-state index in [1.165, 1.54) is 30.3 Å². The number of benzene rings is 3. The van der Waals surface area contributed by atoms with Gasteiger partial charge in [-0.2, -0.15) is 5.26 Å². The van der Waals surface area contributed by atoms with Crippen LogP contribution in [-0.2, 0) is 11.4 Å². The number of nitrogens with one attached hydrogen (secondary N) is 1. The molecule has 35 heavy (non-hydrogen) atoms. The highest BCUT2D eigenvalue weighted by Crippen LogP contribution is 2.38. The predicted molar refractivity (Wildman–Crippen MR) is 136 cm³/mol. The minimum Gasteiger partial charge on any atom is -0.490 e. The lowest BCUT2D eigenvalue weighted by Crippen LogP contribution is -2.13. The van der Waals surface area contributed by atoms with Gasteiger partial charge in [0.15, 0.2) is 11.5 Å². The van der Waals surface area contributed by atoms with Gasteiger partial charge in [-0.05, 0) is 70.4 Å². The highest BCUT2D eigenvalue weighted by Gasteiger charge is 2.16. The van der Waals surface area contributed by atoms with Gasteiger partial charge in [0.25, 0.3) is 11.6 Å². The molecule has 0 atom stereocenters. The molecule has 3 aromatic carbocycles. The second kappa shape index (κ2) is 12.0. The van der Waals surface area contributed by atoms with E-state index in [-0.39, 0.29) is 23.6 Å². The Balaban J connectivity index is 1.84. The Bertz CT molecular complexity index is 1320.